The van der Waals surface area contributed by atoms with Crippen LogP contribution in [0.3, 0.4) is 0 Å². The fraction of sp³-hybridized carbons (Fsp3) is 0.545. The average Bonchev–Trinajstić information content (AvgIpc) is 2.78. The van der Waals surface area contributed by atoms with Crippen LogP contribution in [0.2, 0.25) is 0 Å². The Morgan fingerprint density at radius 2 is 2.28 bits per heavy atom. The molecule has 0 saturated carbocycles. The Hall–Kier alpha value is -1.47. The summed E-state index contributed by atoms with van der Waals surface area (Å²) < 4.78 is 0. The number of carbonyl (C=O) groups excluding carboxylic acids is 1. The summed E-state index contributed by atoms with van der Waals surface area (Å²) >= 11 is 1.20. The number of aromatic carboxylic acids is 1. The molecule has 4 N–H and O–H groups in total. The number of rotatable bonds is 5. The normalized spacial score (nSPS) is 15.8. The zero-order valence-corrected chi connectivity index (χ0v) is 11.4. The summed E-state index contributed by atoms with van der Waals surface area (Å²) in [5.41, 5.74) is 4.87. The van der Waals surface area contributed by atoms with Crippen molar-refractivity contribution in [3.63, 3.8) is 0 Å². The van der Waals surface area contributed by atoms with Crippen LogP contribution in [0.5, 0.6) is 0 Å². The molecule has 0 radical (unpaired) electrons. The van der Waals surface area contributed by atoms with Crippen LogP contribution >= 0.6 is 11.3 Å². The molecule has 6 nitrogen and oxygen atoms in total. The molecule has 1 heterocycles. The maximum absolute atomic E-state index is 11.8. The lowest BCUT2D eigenvalue weighted by atomic mass is 9.99. The van der Waals surface area contributed by atoms with Crippen molar-refractivity contribution in [3.05, 3.63) is 16.1 Å². The number of nitrogens with zero attached hydrogens (tertiary/aromatic N) is 1. The summed E-state index contributed by atoms with van der Waals surface area (Å²) in [6.45, 7) is 5.23. The maximum Gasteiger partial charge on any atom is 0.355 e. The van der Waals surface area contributed by atoms with E-state index in [1.807, 2.05) is 6.92 Å². The molecular weight excluding hydrogens is 254 g/mol. The van der Waals surface area contributed by atoms with E-state index in [0.717, 1.165) is 0 Å². The molecule has 0 aromatic carbocycles. The molecule has 0 spiro atoms. The van der Waals surface area contributed by atoms with Crippen LogP contribution in [0.4, 0.5) is 0 Å². The first-order valence-corrected chi connectivity index (χ1v) is 6.44. The highest BCUT2D eigenvalue weighted by Crippen LogP contribution is 2.19. The third kappa shape index (κ3) is 3.27. The van der Waals surface area contributed by atoms with Crippen LogP contribution in [0.25, 0.3) is 0 Å². The van der Waals surface area contributed by atoms with Crippen LogP contribution in [-0.4, -0.2) is 27.5 Å². The van der Waals surface area contributed by atoms with Crippen LogP contribution in [0, 0.1) is 0 Å². The first-order chi connectivity index (χ1) is 8.27. The summed E-state index contributed by atoms with van der Waals surface area (Å²) in [6, 6.07) is -0.356. The van der Waals surface area contributed by atoms with Crippen molar-refractivity contribution in [2.45, 2.75) is 38.8 Å². The monoisotopic (exact) mass is 271 g/mol. The summed E-state index contributed by atoms with van der Waals surface area (Å²) in [7, 11) is 0. The van der Waals surface area contributed by atoms with Gasteiger partial charge in [-0.25, -0.2) is 9.78 Å². The van der Waals surface area contributed by atoms with Crippen LogP contribution in [-0.2, 0) is 4.79 Å². The van der Waals surface area contributed by atoms with Crippen molar-refractivity contribution in [2.24, 2.45) is 5.73 Å². The van der Waals surface area contributed by atoms with Crippen LogP contribution in [0.15, 0.2) is 5.38 Å². The fourth-order valence-corrected chi connectivity index (χ4v) is 1.97. The van der Waals surface area contributed by atoms with Crippen molar-refractivity contribution in [1.29, 1.82) is 0 Å². The van der Waals surface area contributed by atoms with Crippen molar-refractivity contribution in [1.82, 2.24) is 10.3 Å². The van der Waals surface area contributed by atoms with Crippen LogP contribution < -0.4 is 11.1 Å². The topological polar surface area (TPSA) is 105 Å². The van der Waals surface area contributed by atoms with Gasteiger partial charge in [-0.3, -0.25) is 4.79 Å². The first-order valence-electron chi connectivity index (χ1n) is 5.56. The molecule has 1 rings (SSSR count). The van der Waals surface area contributed by atoms with E-state index in [1.54, 1.807) is 13.8 Å². The predicted molar refractivity (Wildman–Crippen MR) is 68.5 cm³/mol. The number of hydrogen-bond acceptors (Lipinski definition) is 5. The Morgan fingerprint density at radius 3 is 2.72 bits per heavy atom. The molecule has 1 amide bonds. The minimum absolute atomic E-state index is 0.0119. The van der Waals surface area contributed by atoms with Crippen molar-refractivity contribution in [3.8, 4) is 0 Å². The quantitative estimate of drug-likeness (QED) is 0.745. The number of carboxylic acid groups (broad SMARTS) is 1. The number of nitrogens with two attached hydrogens (primary N) is 1. The highest BCUT2D eigenvalue weighted by Gasteiger charge is 2.28. The van der Waals surface area contributed by atoms with Crippen molar-refractivity contribution in [2.75, 3.05) is 0 Å². The van der Waals surface area contributed by atoms with Gasteiger partial charge in [0.15, 0.2) is 5.69 Å². The van der Waals surface area contributed by atoms with E-state index >= 15 is 0 Å². The number of nitrogens with one attached hydrogen (secondary N) is 1. The SMILES string of the molecule is CCC(C)(N)C(=O)NC(C)c1nc(C(=O)O)cs1. The summed E-state index contributed by atoms with van der Waals surface area (Å²) in [5.74, 6) is -1.35. The van der Waals surface area contributed by atoms with Gasteiger partial charge in [-0.2, -0.15) is 0 Å². The molecule has 1 aromatic heterocycles. The second-order valence-electron chi connectivity index (χ2n) is 4.34. The third-order valence-corrected chi connectivity index (χ3v) is 3.74. The van der Waals surface area contributed by atoms with E-state index in [-0.39, 0.29) is 17.6 Å². The Kier molecular flexibility index (Phi) is 4.42. The molecule has 0 fully saturated rings. The molecule has 0 bridgehead atoms. The van der Waals surface area contributed by atoms with Gasteiger partial charge in [0.1, 0.15) is 5.01 Å². The number of amides is 1. The maximum atomic E-state index is 11.8. The van der Waals surface area contributed by atoms with Gasteiger partial charge in [-0.1, -0.05) is 6.92 Å². The molecule has 0 saturated heterocycles. The average molecular weight is 271 g/mol. The molecule has 100 valence electrons. The largest absolute Gasteiger partial charge is 0.476 e. The van der Waals surface area contributed by atoms with Gasteiger partial charge in [0.25, 0.3) is 0 Å². The van der Waals surface area contributed by atoms with Gasteiger partial charge in [-0.15, -0.1) is 11.3 Å². The lowest BCUT2D eigenvalue weighted by Crippen LogP contribution is -2.51. The van der Waals surface area contributed by atoms with Crippen molar-refractivity contribution >= 4 is 23.2 Å². The number of thiazole rings is 1. The standard InChI is InChI=1S/C11H17N3O3S/c1-4-11(3,12)10(17)13-6(2)8-14-7(5-18-8)9(15)16/h5-6H,4,12H2,1-3H3,(H,13,17)(H,15,16). The Morgan fingerprint density at radius 1 is 1.67 bits per heavy atom. The summed E-state index contributed by atoms with van der Waals surface area (Å²) in [5, 5.41) is 13.5. The number of carboxylic acids is 1. The number of aromatic nitrogens is 1. The molecule has 1 aromatic rings. The van der Waals surface area contributed by atoms with Gasteiger partial charge < -0.3 is 16.2 Å². The Bertz CT molecular complexity index is 456. The van der Waals surface area contributed by atoms with E-state index in [1.165, 1.54) is 16.7 Å². The smallest absolute Gasteiger partial charge is 0.355 e. The second-order valence-corrected chi connectivity index (χ2v) is 5.23. The Labute approximate surface area is 109 Å². The minimum atomic E-state index is -1.08. The zero-order chi connectivity index (χ0) is 13.9. The van der Waals surface area contributed by atoms with E-state index in [4.69, 9.17) is 10.8 Å². The second kappa shape index (κ2) is 5.45. The fourth-order valence-electron chi connectivity index (χ4n) is 1.17. The lowest BCUT2D eigenvalue weighted by Gasteiger charge is -2.23. The van der Waals surface area contributed by atoms with E-state index in [9.17, 15) is 9.59 Å². The lowest BCUT2D eigenvalue weighted by molar-refractivity contribution is -0.126. The van der Waals surface area contributed by atoms with Crippen LogP contribution in [0.1, 0.15) is 48.7 Å². The minimum Gasteiger partial charge on any atom is -0.476 e. The highest BCUT2D eigenvalue weighted by atomic mass is 32.1. The zero-order valence-electron chi connectivity index (χ0n) is 10.6. The predicted octanol–water partition coefficient (Wildman–Crippen LogP) is 1.15. The molecule has 7 heteroatoms. The third-order valence-electron chi connectivity index (χ3n) is 2.71. The Balaban J connectivity index is 2.73. The number of carbonyl (C=O) groups is 2. The highest BCUT2D eigenvalue weighted by molar-refractivity contribution is 7.09. The molecule has 2 unspecified atom stereocenters. The van der Waals surface area contributed by atoms with Gasteiger partial charge in [0, 0.05) is 5.38 Å². The van der Waals surface area contributed by atoms with E-state index in [0.29, 0.717) is 11.4 Å². The first kappa shape index (κ1) is 14.6. The molecular formula is C11H17N3O3S. The van der Waals surface area contributed by atoms with Gasteiger partial charge in [-0.05, 0) is 20.3 Å². The molecule has 0 aliphatic rings. The molecule has 2 atom stereocenters. The molecule has 0 aliphatic carbocycles. The summed E-state index contributed by atoms with van der Waals surface area (Å²) in [6.07, 6.45) is 0.518. The van der Waals surface area contributed by atoms with Crippen molar-refractivity contribution < 1.29 is 14.7 Å². The molecule has 18 heavy (non-hydrogen) atoms. The van der Waals surface area contributed by atoms with Gasteiger partial charge in [0.05, 0.1) is 11.6 Å². The van der Waals surface area contributed by atoms with E-state index < -0.39 is 11.5 Å². The van der Waals surface area contributed by atoms with Gasteiger partial charge >= 0.3 is 5.97 Å². The number of hydrogen-bond donors (Lipinski definition) is 3. The molecule has 0 aliphatic heterocycles. The summed E-state index contributed by atoms with van der Waals surface area (Å²) in [4.78, 5) is 26.5. The van der Waals surface area contributed by atoms with E-state index in [2.05, 4.69) is 10.3 Å². The van der Waals surface area contributed by atoms with Gasteiger partial charge in [0.2, 0.25) is 5.91 Å².